The quantitative estimate of drug-likeness (QED) is 0.850. The molecule has 1 aliphatic heterocycles. The molecule has 1 N–H and O–H groups in total. The van der Waals surface area contributed by atoms with Crippen LogP contribution in [0.2, 0.25) is 0 Å². The Labute approximate surface area is 96.8 Å². The second kappa shape index (κ2) is 4.74. The zero-order chi connectivity index (χ0) is 11.5. The molecule has 0 radical (unpaired) electrons. The van der Waals surface area contributed by atoms with E-state index in [1.807, 2.05) is 26.1 Å². The van der Waals surface area contributed by atoms with Gasteiger partial charge in [-0.15, -0.1) is 0 Å². The van der Waals surface area contributed by atoms with Gasteiger partial charge in [0.25, 0.3) is 0 Å². The molecule has 0 fully saturated rings. The largest absolute Gasteiger partial charge is 0.494 e. The van der Waals surface area contributed by atoms with Crippen molar-refractivity contribution in [2.45, 2.75) is 19.9 Å². The number of rotatable bonds is 3. The first-order valence-electron chi connectivity index (χ1n) is 5.83. The molecule has 1 aromatic carbocycles. The van der Waals surface area contributed by atoms with Crippen LogP contribution in [-0.4, -0.2) is 20.3 Å². The molecule has 16 heavy (non-hydrogen) atoms. The van der Waals surface area contributed by atoms with Crippen LogP contribution in [0.1, 0.15) is 25.5 Å². The van der Waals surface area contributed by atoms with Gasteiger partial charge in [0.1, 0.15) is 11.5 Å². The van der Waals surface area contributed by atoms with Gasteiger partial charge in [-0.25, -0.2) is 0 Å². The highest BCUT2D eigenvalue weighted by molar-refractivity contribution is 5.43. The number of fused-ring (bicyclic) bond motifs is 1. The predicted octanol–water partition coefficient (Wildman–Crippen LogP) is 2.37. The van der Waals surface area contributed by atoms with E-state index in [4.69, 9.17) is 9.47 Å². The minimum Gasteiger partial charge on any atom is -0.494 e. The van der Waals surface area contributed by atoms with Gasteiger partial charge in [-0.3, -0.25) is 0 Å². The Morgan fingerprint density at radius 3 is 3.00 bits per heavy atom. The molecule has 0 spiro atoms. The molecule has 3 heteroatoms. The summed E-state index contributed by atoms with van der Waals surface area (Å²) in [5.41, 5.74) is 1.20. The van der Waals surface area contributed by atoms with Crippen LogP contribution < -0.4 is 14.8 Å². The normalized spacial score (nSPS) is 23.4. The van der Waals surface area contributed by atoms with Crippen molar-refractivity contribution in [3.8, 4) is 11.5 Å². The molecule has 2 unspecified atom stereocenters. The van der Waals surface area contributed by atoms with E-state index in [1.54, 1.807) is 0 Å². The molecule has 2 atom stereocenters. The molecule has 0 aromatic heterocycles. The van der Waals surface area contributed by atoms with E-state index in [9.17, 15) is 0 Å². The molecule has 0 aliphatic carbocycles. The molecule has 88 valence electrons. The first kappa shape index (κ1) is 11.3. The fourth-order valence-electron chi connectivity index (χ4n) is 2.22. The van der Waals surface area contributed by atoms with Crippen molar-refractivity contribution in [2.75, 3.05) is 20.3 Å². The Balaban J connectivity index is 2.34. The highest BCUT2D eigenvalue weighted by Gasteiger charge is 2.26. The maximum absolute atomic E-state index is 5.71. The number of benzene rings is 1. The first-order valence-corrected chi connectivity index (χ1v) is 5.83. The monoisotopic (exact) mass is 221 g/mol. The van der Waals surface area contributed by atoms with Crippen LogP contribution in [0.3, 0.4) is 0 Å². The van der Waals surface area contributed by atoms with E-state index >= 15 is 0 Å². The summed E-state index contributed by atoms with van der Waals surface area (Å²) in [4.78, 5) is 0. The van der Waals surface area contributed by atoms with E-state index in [0.717, 1.165) is 18.1 Å². The number of hydrogen-bond donors (Lipinski definition) is 1. The van der Waals surface area contributed by atoms with Crippen LogP contribution >= 0.6 is 0 Å². The summed E-state index contributed by atoms with van der Waals surface area (Å²) in [6, 6.07) is 6.39. The third-order valence-corrected chi connectivity index (χ3v) is 3.01. The van der Waals surface area contributed by atoms with Crippen molar-refractivity contribution in [3.05, 3.63) is 23.8 Å². The molecule has 0 bridgehead atoms. The van der Waals surface area contributed by atoms with Gasteiger partial charge in [0.05, 0.1) is 13.2 Å². The minimum atomic E-state index is 0.351. The Morgan fingerprint density at radius 2 is 2.31 bits per heavy atom. The molecular weight excluding hydrogens is 202 g/mol. The van der Waals surface area contributed by atoms with Gasteiger partial charge >= 0.3 is 0 Å². The van der Waals surface area contributed by atoms with Crippen molar-refractivity contribution in [1.82, 2.24) is 5.32 Å². The maximum atomic E-state index is 5.71. The van der Waals surface area contributed by atoms with E-state index in [-0.39, 0.29) is 0 Å². The van der Waals surface area contributed by atoms with Crippen LogP contribution in [-0.2, 0) is 0 Å². The average molecular weight is 221 g/mol. The van der Waals surface area contributed by atoms with Gasteiger partial charge in [-0.05, 0) is 32.2 Å². The van der Waals surface area contributed by atoms with Crippen molar-refractivity contribution in [2.24, 2.45) is 5.92 Å². The molecule has 0 amide bonds. The minimum absolute atomic E-state index is 0.351. The van der Waals surface area contributed by atoms with Gasteiger partial charge < -0.3 is 14.8 Å². The van der Waals surface area contributed by atoms with E-state index in [2.05, 4.69) is 18.3 Å². The molecule has 0 saturated heterocycles. The zero-order valence-corrected chi connectivity index (χ0v) is 10.1. The van der Waals surface area contributed by atoms with Crippen LogP contribution in [0.4, 0.5) is 0 Å². The fourth-order valence-corrected chi connectivity index (χ4v) is 2.22. The summed E-state index contributed by atoms with van der Waals surface area (Å²) < 4.78 is 11.2. The van der Waals surface area contributed by atoms with Gasteiger partial charge in [0, 0.05) is 17.5 Å². The van der Waals surface area contributed by atoms with Crippen LogP contribution in [0.15, 0.2) is 18.2 Å². The third-order valence-electron chi connectivity index (χ3n) is 3.01. The Morgan fingerprint density at radius 1 is 1.50 bits per heavy atom. The second-order valence-corrected chi connectivity index (χ2v) is 4.19. The summed E-state index contributed by atoms with van der Waals surface area (Å²) in [7, 11) is 1.99. The molecule has 3 nitrogen and oxygen atoms in total. The van der Waals surface area contributed by atoms with E-state index in [1.165, 1.54) is 5.56 Å². The van der Waals surface area contributed by atoms with Gasteiger partial charge in [-0.2, -0.15) is 0 Å². The van der Waals surface area contributed by atoms with Crippen LogP contribution in [0.25, 0.3) is 0 Å². The van der Waals surface area contributed by atoms with E-state index < -0.39 is 0 Å². The van der Waals surface area contributed by atoms with Crippen LogP contribution in [0.5, 0.6) is 11.5 Å². The van der Waals surface area contributed by atoms with Gasteiger partial charge in [-0.1, -0.05) is 6.92 Å². The highest BCUT2D eigenvalue weighted by Crippen LogP contribution is 2.37. The Bertz CT molecular complexity index is 365. The molecule has 2 rings (SSSR count). The molecule has 1 aromatic rings. The molecule has 1 aliphatic rings. The maximum Gasteiger partial charge on any atom is 0.124 e. The SMILES string of the molecule is CCOc1ccc2c(c1)C(NC)C(C)CO2. The molecular formula is C13H19NO2. The lowest BCUT2D eigenvalue weighted by molar-refractivity contribution is 0.192. The molecule has 0 saturated carbocycles. The topological polar surface area (TPSA) is 30.5 Å². The van der Waals surface area contributed by atoms with Gasteiger partial charge in [0.2, 0.25) is 0 Å². The molecule has 1 heterocycles. The van der Waals surface area contributed by atoms with Gasteiger partial charge in [0.15, 0.2) is 0 Å². The standard InChI is InChI=1S/C13H19NO2/c1-4-15-10-5-6-12-11(7-10)13(14-3)9(2)8-16-12/h5-7,9,13-14H,4,8H2,1-3H3. The lowest BCUT2D eigenvalue weighted by Crippen LogP contribution is -2.31. The number of nitrogens with one attached hydrogen (secondary N) is 1. The zero-order valence-electron chi connectivity index (χ0n) is 10.1. The Hall–Kier alpha value is -1.22. The first-order chi connectivity index (χ1) is 7.76. The van der Waals surface area contributed by atoms with Crippen molar-refractivity contribution >= 4 is 0 Å². The van der Waals surface area contributed by atoms with Crippen molar-refractivity contribution < 1.29 is 9.47 Å². The smallest absolute Gasteiger partial charge is 0.124 e. The van der Waals surface area contributed by atoms with Crippen LogP contribution in [0, 0.1) is 5.92 Å². The average Bonchev–Trinajstić information content (AvgIpc) is 2.29. The number of hydrogen-bond acceptors (Lipinski definition) is 3. The summed E-state index contributed by atoms with van der Waals surface area (Å²) in [6.45, 7) is 5.65. The fraction of sp³-hybridized carbons (Fsp3) is 0.538. The Kier molecular flexibility index (Phi) is 3.34. The predicted molar refractivity (Wildman–Crippen MR) is 64.1 cm³/mol. The lowest BCUT2D eigenvalue weighted by atomic mass is 9.92. The number of ether oxygens (including phenoxy) is 2. The lowest BCUT2D eigenvalue weighted by Gasteiger charge is -2.31. The van der Waals surface area contributed by atoms with E-state index in [0.29, 0.717) is 18.6 Å². The summed E-state index contributed by atoms with van der Waals surface area (Å²) in [5.74, 6) is 2.37. The summed E-state index contributed by atoms with van der Waals surface area (Å²) in [6.07, 6.45) is 0. The van der Waals surface area contributed by atoms with Crippen molar-refractivity contribution in [3.63, 3.8) is 0 Å². The third kappa shape index (κ3) is 2.00. The summed E-state index contributed by atoms with van der Waals surface area (Å²) in [5, 5.41) is 3.34. The summed E-state index contributed by atoms with van der Waals surface area (Å²) >= 11 is 0. The highest BCUT2D eigenvalue weighted by atomic mass is 16.5. The van der Waals surface area contributed by atoms with Crippen molar-refractivity contribution in [1.29, 1.82) is 0 Å². The second-order valence-electron chi connectivity index (χ2n) is 4.19.